The van der Waals surface area contributed by atoms with Gasteiger partial charge < -0.3 is 0 Å². The van der Waals surface area contributed by atoms with Gasteiger partial charge in [-0.05, 0) is 74.9 Å². The maximum Gasteiger partial charge on any atom is 0.416 e. The van der Waals surface area contributed by atoms with E-state index in [0.717, 1.165) is 24.3 Å². The molecule has 0 bridgehead atoms. The first kappa shape index (κ1) is 29.2. The zero-order valence-electron chi connectivity index (χ0n) is 19.9. The summed E-state index contributed by atoms with van der Waals surface area (Å²) in [7, 11) is -8.37. The zero-order valence-corrected chi connectivity index (χ0v) is 21.6. The van der Waals surface area contributed by atoms with E-state index >= 15 is 0 Å². The van der Waals surface area contributed by atoms with Crippen molar-refractivity contribution in [2.24, 2.45) is 11.8 Å². The van der Waals surface area contributed by atoms with E-state index in [1.165, 1.54) is 13.8 Å². The van der Waals surface area contributed by atoms with Crippen molar-refractivity contribution in [1.29, 1.82) is 0 Å². The number of benzene rings is 2. The Morgan fingerprint density at radius 3 is 1.92 bits per heavy atom. The quantitative estimate of drug-likeness (QED) is 0.302. The fourth-order valence-electron chi connectivity index (χ4n) is 4.44. The Hall–Kier alpha value is -2.41. The number of ketones is 1. The fourth-order valence-corrected chi connectivity index (χ4v) is 7.14. The van der Waals surface area contributed by atoms with Crippen LogP contribution in [0.3, 0.4) is 0 Å². The number of sulfone groups is 2. The number of rotatable bonds is 7. The molecule has 0 amide bonds. The van der Waals surface area contributed by atoms with Crippen LogP contribution < -0.4 is 0 Å². The van der Waals surface area contributed by atoms with E-state index in [1.54, 1.807) is 0 Å². The minimum Gasteiger partial charge on any atom is -0.294 e. The first-order valence-electron chi connectivity index (χ1n) is 11.0. The Balaban J connectivity index is 1.77. The highest BCUT2D eigenvalue weighted by Crippen LogP contribution is 2.48. The number of Topliss-reactive ketones (excluding diaryl/α,β-unsaturated/α-hetero) is 1. The third-order valence-electron chi connectivity index (χ3n) is 6.87. The van der Waals surface area contributed by atoms with Crippen LogP contribution in [0.15, 0.2) is 52.3 Å². The molecule has 0 aromatic heterocycles. The number of carbonyl (C=O) groups excluding carboxylic acids is 1. The van der Waals surface area contributed by atoms with E-state index in [-0.39, 0.29) is 30.7 Å². The Morgan fingerprint density at radius 1 is 0.865 bits per heavy atom. The van der Waals surface area contributed by atoms with Gasteiger partial charge in [0.25, 0.3) is 0 Å². The lowest BCUT2D eigenvalue weighted by Crippen LogP contribution is -2.46. The number of hydrogen-bond donors (Lipinski definition) is 0. The molecule has 0 radical (unpaired) electrons. The second-order valence-corrected chi connectivity index (χ2v) is 14.3. The van der Waals surface area contributed by atoms with Gasteiger partial charge in [-0.25, -0.2) is 16.8 Å². The number of carbonyl (C=O) groups is 1. The molecular weight excluding hydrogens is 546 g/mol. The lowest BCUT2D eigenvalue weighted by atomic mass is 9.67. The van der Waals surface area contributed by atoms with Crippen molar-refractivity contribution < 1.29 is 48.0 Å². The molecule has 0 unspecified atom stereocenters. The van der Waals surface area contributed by atoms with E-state index in [2.05, 4.69) is 0 Å². The summed E-state index contributed by atoms with van der Waals surface area (Å²) in [6.45, 7) is 2.78. The Labute approximate surface area is 210 Å². The van der Waals surface area contributed by atoms with Crippen molar-refractivity contribution >= 4 is 25.5 Å². The molecule has 0 N–H and O–H groups in total. The fraction of sp³-hybridized carbons (Fsp3) is 0.458. The molecule has 1 saturated carbocycles. The van der Waals surface area contributed by atoms with Crippen LogP contribution >= 0.6 is 0 Å². The van der Waals surface area contributed by atoms with E-state index in [0.29, 0.717) is 24.5 Å². The molecule has 0 aliphatic heterocycles. The minimum atomic E-state index is -4.81. The summed E-state index contributed by atoms with van der Waals surface area (Å²) in [6.07, 6.45) is -8.62. The van der Waals surface area contributed by atoms with E-state index in [9.17, 15) is 48.0 Å². The molecule has 13 heteroatoms. The molecule has 204 valence electrons. The van der Waals surface area contributed by atoms with Crippen molar-refractivity contribution in [3.05, 3.63) is 59.2 Å². The Morgan fingerprint density at radius 2 is 1.41 bits per heavy atom. The van der Waals surface area contributed by atoms with Gasteiger partial charge in [-0.1, -0.05) is 6.07 Å². The molecule has 0 spiro atoms. The van der Waals surface area contributed by atoms with Crippen LogP contribution in [0, 0.1) is 11.8 Å². The van der Waals surface area contributed by atoms with E-state index in [1.807, 2.05) is 0 Å². The summed E-state index contributed by atoms with van der Waals surface area (Å²) in [4.78, 5) is 11.6. The van der Waals surface area contributed by atoms with Crippen LogP contribution in [0.5, 0.6) is 0 Å². The molecule has 0 atom stereocenters. The van der Waals surface area contributed by atoms with Crippen LogP contribution in [-0.2, 0) is 32.0 Å². The van der Waals surface area contributed by atoms with Gasteiger partial charge in [-0.2, -0.15) is 26.3 Å². The summed E-state index contributed by atoms with van der Waals surface area (Å²) in [6, 6.07) is 5.30. The van der Waals surface area contributed by atoms with E-state index < -0.39 is 69.4 Å². The standard InChI is InChI=1S/C24H24F6O5S2/c1-22(2,37(34,35)18-6-4-5-15(12-18)23(25,26)27)17-9-14(10-17)11-20(31)19-8-7-16(24(28,29)30)13-21(19)36(3,32)33/h4-8,12-14,17H,9-11H2,1-3H3. The lowest BCUT2D eigenvalue weighted by Gasteiger charge is -2.44. The van der Waals surface area contributed by atoms with Gasteiger partial charge in [0.2, 0.25) is 0 Å². The summed E-state index contributed by atoms with van der Waals surface area (Å²) >= 11 is 0. The largest absolute Gasteiger partial charge is 0.416 e. The van der Waals surface area contributed by atoms with Crippen molar-refractivity contribution in [1.82, 2.24) is 0 Å². The Bertz CT molecular complexity index is 1420. The number of alkyl halides is 6. The van der Waals surface area contributed by atoms with Crippen LogP contribution in [0.25, 0.3) is 0 Å². The molecule has 1 aliphatic carbocycles. The van der Waals surface area contributed by atoms with Gasteiger partial charge in [0.1, 0.15) is 0 Å². The highest BCUT2D eigenvalue weighted by molar-refractivity contribution is 7.92. The second-order valence-electron chi connectivity index (χ2n) is 9.77. The predicted molar refractivity (Wildman–Crippen MR) is 122 cm³/mol. The van der Waals surface area contributed by atoms with Crippen LogP contribution in [-0.4, -0.2) is 33.6 Å². The SMILES string of the molecule is CC(C)(C1CC(CC(=O)c2ccc(C(F)(F)F)cc2S(C)(=O)=O)C1)S(=O)(=O)c1cccc(C(F)(F)F)c1. The van der Waals surface area contributed by atoms with Gasteiger partial charge in [-0.15, -0.1) is 0 Å². The van der Waals surface area contributed by atoms with Gasteiger partial charge >= 0.3 is 12.4 Å². The molecule has 1 fully saturated rings. The maximum atomic E-state index is 13.2. The number of hydrogen-bond acceptors (Lipinski definition) is 5. The van der Waals surface area contributed by atoms with Gasteiger partial charge in [-0.3, -0.25) is 4.79 Å². The normalized spacial score (nSPS) is 19.4. The van der Waals surface area contributed by atoms with Gasteiger partial charge in [0.05, 0.1) is 25.7 Å². The van der Waals surface area contributed by atoms with Crippen molar-refractivity contribution in [2.45, 2.75) is 60.0 Å². The highest BCUT2D eigenvalue weighted by atomic mass is 32.2. The molecule has 5 nitrogen and oxygen atoms in total. The molecule has 0 heterocycles. The molecule has 3 rings (SSSR count). The molecule has 1 aliphatic rings. The first-order chi connectivity index (χ1) is 16.7. The smallest absolute Gasteiger partial charge is 0.294 e. The lowest BCUT2D eigenvalue weighted by molar-refractivity contribution is -0.138. The topological polar surface area (TPSA) is 85.3 Å². The molecular formula is C24H24F6O5S2. The van der Waals surface area contributed by atoms with Crippen molar-refractivity contribution in [3.8, 4) is 0 Å². The minimum absolute atomic E-state index is 0.214. The molecule has 2 aromatic carbocycles. The number of halogens is 6. The molecule has 37 heavy (non-hydrogen) atoms. The predicted octanol–water partition coefficient (Wildman–Crippen LogP) is 5.98. The van der Waals surface area contributed by atoms with Crippen LogP contribution in [0.2, 0.25) is 0 Å². The van der Waals surface area contributed by atoms with Crippen molar-refractivity contribution in [3.63, 3.8) is 0 Å². The summed E-state index contributed by atoms with van der Waals surface area (Å²) < 4.78 is 127. The highest BCUT2D eigenvalue weighted by Gasteiger charge is 2.49. The summed E-state index contributed by atoms with van der Waals surface area (Å²) in [5.41, 5.74) is -2.69. The summed E-state index contributed by atoms with van der Waals surface area (Å²) in [5, 5.41) is 0. The molecule has 0 saturated heterocycles. The third-order valence-corrected chi connectivity index (χ3v) is 10.6. The second kappa shape index (κ2) is 9.40. The van der Waals surface area contributed by atoms with Crippen LogP contribution in [0.4, 0.5) is 26.3 Å². The maximum absolute atomic E-state index is 13.2. The van der Waals surface area contributed by atoms with Crippen molar-refractivity contribution in [2.75, 3.05) is 6.26 Å². The average molecular weight is 571 g/mol. The van der Waals surface area contributed by atoms with Crippen LogP contribution in [0.1, 0.15) is 54.6 Å². The van der Waals surface area contributed by atoms with E-state index in [4.69, 9.17) is 0 Å². The Kier molecular flexibility index (Phi) is 7.41. The van der Waals surface area contributed by atoms with Gasteiger partial charge in [0.15, 0.2) is 25.5 Å². The summed E-state index contributed by atoms with van der Waals surface area (Å²) in [5.74, 6) is -1.58. The van der Waals surface area contributed by atoms with Gasteiger partial charge in [0, 0.05) is 18.2 Å². The zero-order chi connectivity index (χ0) is 28.2. The third kappa shape index (κ3) is 5.87. The molecule has 2 aromatic rings. The average Bonchev–Trinajstić information content (AvgIpc) is 2.73. The monoisotopic (exact) mass is 570 g/mol. The first-order valence-corrected chi connectivity index (χ1v) is 14.4.